The molecule has 0 bridgehead atoms. The van der Waals surface area contributed by atoms with Crippen LogP contribution in [-0.2, 0) is 0 Å². The number of aliphatic hydroxyl groups excluding tert-OH is 1. The molecule has 14 heavy (non-hydrogen) atoms. The van der Waals surface area contributed by atoms with Crippen LogP contribution in [0.15, 0.2) is 36.4 Å². The molecule has 1 heteroatoms. The van der Waals surface area contributed by atoms with E-state index in [0.717, 1.165) is 12.8 Å². The first-order valence-corrected chi connectivity index (χ1v) is 5.21. The molecule has 1 nitrogen and oxygen atoms in total. The third-order valence-corrected chi connectivity index (χ3v) is 2.25. The molecule has 1 rings (SSSR count). The van der Waals surface area contributed by atoms with Crippen molar-refractivity contribution in [2.75, 3.05) is 6.61 Å². The molecule has 1 aromatic rings. The molecule has 0 spiro atoms. The van der Waals surface area contributed by atoms with Crippen LogP contribution >= 0.6 is 0 Å². The molecule has 0 radical (unpaired) electrons. The largest absolute Gasteiger partial charge is 0.396 e. The second kappa shape index (κ2) is 6.39. The van der Waals surface area contributed by atoms with Gasteiger partial charge in [0.2, 0.25) is 0 Å². The lowest BCUT2D eigenvalue weighted by atomic mass is 10.0. The van der Waals surface area contributed by atoms with Gasteiger partial charge in [-0.2, -0.15) is 0 Å². The van der Waals surface area contributed by atoms with Gasteiger partial charge in [0.1, 0.15) is 0 Å². The maximum Gasteiger partial charge on any atom is 0.0493 e. The van der Waals surface area contributed by atoms with Crippen molar-refractivity contribution in [1.29, 1.82) is 0 Å². The summed E-state index contributed by atoms with van der Waals surface area (Å²) in [5.74, 6) is 0.306. The minimum atomic E-state index is 0.247. The Morgan fingerprint density at radius 1 is 1.29 bits per heavy atom. The van der Waals surface area contributed by atoms with E-state index >= 15 is 0 Å². The van der Waals surface area contributed by atoms with Gasteiger partial charge in [-0.15, -0.1) is 0 Å². The summed E-state index contributed by atoms with van der Waals surface area (Å²) < 4.78 is 0. The first-order valence-electron chi connectivity index (χ1n) is 5.21. The van der Waals surface area contributed by atoms with Crippen molar-refractivity contribution in [2.45, 2.75) is 19.8 Å². The average molecular weight is 190 g/mol. The topological polar surface area (TPSA) is 20.2 Å². The standard InChI is InChI=1S/C13H18O/c1-2-6-13(11-14)10-9-12-7-4-3-5-8-12/h3-5,7-10,13-14H,2,6,11H2,1H3. The van der Waals surface area contributed by atoms with Gasteiger partial charge in [0, 0.05) is 12.5 Å². The summed E-state index contributed by atoms with van der Waals surface area (Å²) >= 11 is 0. The highest BCUT2D eigenvalue weighted by atomic mass is 16.3. The molecule has 1 atom stereocenters. The number of hydrogen-bond acceptors (Lipinski definition) is 1. The van der Waals surface area contributed by atoms with E-state index in [1.54, 1.807) is 0 Å². The van der Waals surface area contributed by atoms with Crippen LogP contribution in [-0.4, -0.2) is 11.7 Å². The lowest BCUT2D eigenvalue weighted by Crippen LogP contribution is -2.01. The van der Waals surface area contributed by atoms with Crippen molar-refractivity contribution in [3.8, 4) is 0 Å². The zero-order valence-electron chi connectivity index (χ0n) is 8.69. The van der Waals surface area contributed by atoms with Crippen LogP contribution in [0, 0.1) is 5.92 Å². The fraction of sp³-hybridized carbons (Fsp3) is 0.385. The quantitative estimate of drug-likeness (QED) is 0.756. The summed E-state index contributed by atoms with van der Waals surface area (Å²) in [6, 6.07) is 10.2. The fourth-order valence-corrected chi connectivity index (χ4v) is 1.43. The van der Waals surface area contributed by atoms with E-state index in [2.05, 4.69) is 31.2 Å². The van der Waals surface area contributed by atoms with Crippen LogP contribution in [0.1, 0.15) is 25.3 Å². The molecule has 1 unspecified atom stereocenters. The summed E-state index contributed by atoms with van der Waals surface area (Å²) in [6.45, 7) is 2.39. The third-order valence-electron chi connectivity index (χ3n) is 2.25. The summed E-state index contributed by atoms with van der Waals surface area (Å²) in [6.07, 6.45) is 6.35. The maximum atomic E-state index is 9.08. The predicted octanol–water partition coefficient (Wildman–Crippen LogP) is 3.11. The molecule has 76 valence electrons. The minimum absolute atomic E-state index is 0.247. The summed E-state index contributed by atoms with van der Waals surface area (Å²) in [5, 5.41) is 9.08. The van der Waals surface area contributed by atoms with Crippen LogP contribution < -0.4 is 0 Å². The fourth-order valence-electron chi connectivity index (χ4n) is 1.43. The minimum Gasteiger partial charge on any atom is -0.396 e. The molecule has 0 saturated heterocycles. The van der Waals surface area contributed by atoms with Gasteiger partial charge in [0.15, 0.2) is 0 Å². The van der Waals surface area contributed by atoms with Crippen molar-refractivity contribution in [2.24, 2.45) is 5.92 Å². The van der Waals surface area contributed by atoms with Crippen molar-refractivity contribution in [1.82, 2.24) is 0 Å². The molecule has 0 aliphatic rings. The lowest BCUT2D eigenvalue weighted by molar-refractivity contribution is 0.246. The Morgan fingerprint density at radius 2 is 2.00 bits per heavy atom. The van der Waals surface area contributed by atoms with Crippen LogP contribution in [0.25, 0.3) is 6.08 Å². The Hall–Kier alpha value is -1.08. The highest BCUT2D eigenvalue weighted by Crippen LogP contribution is 2.10. The van der Waals surface area contributed by atoms with Gasteiger partial charge < -0.3 is 5.11 Å². The summed E-state index contributed by atoms with van der Waals surface area (Å²) in [5.41, 5.74) is 1.20. The zero-order chi connectivity index (χ0) is 10.2. The van der Waals surface area contributed by atoms with E-state index in [1.807, 2.05) is 18.2 Å². The van der Waals surface area contributed by atoms with E-state index in [1.165, 1.54) is 5.56 Å². The van der Waals surface area contributed by atoms with Gasteiger partial charge in [-0.05, 0) is 12.0 Å². The lowest BCUT2D eigenvalue weighted by Gasteiger charge is -2.06. The predicted molar refractivity (Wildman–Crippen MR) is 61.0 cm³/mol. The van der Waals surface area contributed by atoms with Crippen molar-refractivity contribution >= 4 is 6.08 Å². The Balaban J connectivity index is 2.53. The molecular formula is C13H18O. The maximum absolute atomic E-state index is 9.08. The van der Waals surface area contributed by atoms with Crippen molar-refractivity contribution in [3.05, 3.63) is 42.0 Å². The molecule has 0 aliphatic carbocycles. The number of hydrogen-bond donors (Lipinski definition) is 1. The second-order valence-electron chi connectivity index (χ2n) is 3.50. The highest BCUT2D eigenvalue weighted by Gasteiger charge is 1.99. The van der Waals surface area contributed by atoms with Gasteiger partial charge >= 0.3 is 0 Å². The molecule has 0 amide bonds. The third kappa shape index (κ3) is 3.75. The number of aliphatic hydroxyl groups is 1. The van der Waals surface area contributed by atoms with Crippen molar-refractivity contribution in [3.63, 3.8) is 0 Å². The van der Waals surface area contributed by atoms with Gasteiger partial charge in [-0.3, -0.25) is 0 Å². The second-order valence-corrected chi connectivity index (χ2v) is 3.50. The molecule has 0 fully saturated rings. The molecule has 1 N–H and O–H groups in total. The Bertz CT molecular complexity index is 264. The van der Waals surface area contributed by atoms with Gasteiger partial charge in [-0.1, -0.05) is 55.8 Å². The van der Waals surface area contributed by atoms with Crippen LogP contribution in [0.4, 0.5) is 0 Å². The van der Waals surface area contributed by atoms with Crippen molar-refractivity contribution < 1.29 is 5.11 Å². The van der Waals surface area contributed by atoms with E-state index in [4.69, 9.17) is 5.11 Å². The van der Waals surface area contributed by atoms with Crippen LogP contribution in [0.2, 0.25) is 0 Å². The monoisotopic (exact) mass is 190 g/mol. The smallest absolute Gasteiger partial charge is 0.0493 e. The Morgan fingerprint density at radius 3 is 2.57 bits per heavy atom. The average Bonchev–Trinajstić information content (AvgIpc) is 2.25. The van der Waals surface area contributed by atoms with Crippen LogP contribution in [0.3, 0.4) is 0 Å². The van der Waals surface area contributed by atoms with E-state index in [-0.39, 0.29) is 6.61 Å². The Labute approximate surface area is 86.1 Å². The van der Waals surface area contributed by atoms with E-state index in [0.29, 0.717) is 5.92 Å². The molecule has 0 aliphatic heterocycles. The number of rotatable bonds is 5. The summed E-state index contributed by atoms with van der Waals surface area (Å²) in [4.78, 5) is 0. The normalized spacial score (nSPS) is 13.3. The Kier molecular flexibility index (Phi) is 5.02. The molecule has 1 aromatic carbocycles. The first kappa shape index (κ1) is 11.0. The van der Waals surface area contributed by atoms with Gasteiger partial charge in [0.25, 0.3) is 0 Å². The first-order chi connectivity index (χ1) is 6.86. The van der Waals surface area contributed by atoms with E-state index in [9.17, 15) is 0 Å². The van der Waals surface area contributed by atoms with Gasteiger partial charge in [-0.25, -0.2) is 0 Å². The molecule has 0 saturated carbocycles. The molecule has 0 aromatic heterocycles. The van der Waals surface area contributed by atoms with E-state index < -0.39 is 0 Å². The zero-order valence-corrected chi connectivity index (χ0v) is 8.69. The number of benzene rings is 1. The van der Waals surface area contributed by atoms with Gasteiger partial charge in [0.05, 0.1) is 0 Å². The summed E-state index contributed by atoms with van der Waals surface area (Å²) in [7, 11) is 0. The highest BCUT2D eigenvalue weighted by molar-refractivity contribution is 5.48. The molecule has 0 heterocycles. The van der Waals surface area contributed by atoms with Crippen LogP contribution in [0.5, 0.6) is 0 Å². The molecular weight excluding hydrogens is 172 g/mol. The SMILES string of the molecule is CCCC(C=Cc1ccccc1)CO.